The number of morpholine rings is 1. The molecule has 0 saturated carbocycles. The van der Waals surface area contributed by atoms with Crippen molar-refractivity contribution in [2.45, 2.75) is 45.9 Å². The number of anilines is 2. The summed E-state index contributed by atoms with van der Waals surface area (Å²) in [7, 11) is 0. The van der Waals surface area contributed by atoms with E-state index in [9.17, 15) is 15.2 Å². The molecule has 1 fully saturated rings. The number of aromatic nitrogens is 2. The van der Waals surface area contributed by atoms with Gasteiger partial charge >= 0.3 is 5.97 Å². The minimum atomic E-state index is -0.990. The van der Waals surface area contributed by atoms with E-state index in [2.05, 4.69) is 28.2 Å². The lowest BCUT2D eigenvalue weighted by Gasteiger charge is -2.38. The minimum absolute atomic E-state index is 0.00777. The van der Waals surface area contributed by atoms with Crippen LogP contribution in [0, 0.1) is 18.3 Å². The molecule has 1 aromatic heterocycles. The van der Waals surface area contributed by atoms with E-state index in [1.54, 1.807) is 24.3 Å². The summed E-state index contributed by atoms with van der Waals surface area (Å²) in [5.74, 6) is -0.438. The highest BCUT2D eigenvalue weighted by Crippen LogP contribution is 2.31. The Balaban J connectivity index is 1.82. The molecule has 0 amide bonds. The summed E-state index contributed by atoms with van der Waals surface area (Å²) in [5.41, 5.74) is 4.22. The third-order valence-corrected chi connectivity index (χ3v) is 6.18. The van der Waals surface area contributed by atoms with Gasteiger partial charge in [0.05, 0.1) is 41.4 Å². The number of aromatic carboxylic acids is 1. The van der Waals surface area contributed by atoms with Crippen molar-refractivity contribution in [3.05, 3.63) is 58.8 Å². The maximum Gasteiger partial charge on any atom is 0.337 e. The summed E-state index contributed by atoms with van der Waals surface area (Å²) in [6.07, 6.45) is 0.00777. The van der Waals surface area contributed by atoms with Crippen LogP contribution in [0.1, 0.15) is 54.0 Å². The molecular formula is C25H27N5O3. The number of para-hydroxylation sites is 1. The van der Waals surface area contributed by atoms with Crippen LogP contribution in [0.5, 0.6) is 0 Å². The van der Waals surface area contributed by atoms with Gasteiger partial charge in [0, 0.05) is 17.8 Å². The zero-order chi connectivity index (χ0) is 23.7. The van der Waals surface area contributed by atoms with Crippen molar-refractivity contribution in [2.75, 3.05) is 23.4 Å². The zero-order valence-electron chi connectivity index (χ0n) is 19.2. The fourth-order valence-electron chi connectivity index (χ4n) is 4.27. The monoisotopic (exact) mass is 445 g/mol. The molecule has 0 bridgehead atoms. The Kier molecular flexibility index (Phi) is 6.16. The van der Waals surface area contributed by atoms with Gasteiger partial charge in [0.25, 0.3) is 0 Å². The van der Waals surface area contributed by atoms with Crippen molar-refractivity contribution in [3.8, 4) is 6.07 Å². The molecule has 2 heterocycles. The first-order chi connectivity index (χ1) is 15.8. The Bertz CT molecular complexity index is 1250. The van der Waals surface area contributed by atoms with E-state index < -0.39 is 5.97 Å². The fraction of sp³-hybridized carbons (Fsp3) is 0.360. The fourth-order valence-corrected chi connectivity index (χ4v) is 4.27. The van der Waals surface area contributed by atoms with E-state index in [1.807, 2.05) is 32.9 Å². The Morgan fingerprint density at radius 1 is 1.30 bits per heavy atom. The van der Waals surface area contributed by atoms with Gasteiger partial charge in [0.1, 0.15) is 6.07 Å². The number of rotatable bonds is 5. The molecule has 33 heavy (non-hydrogen) atoms. The molecule has 8 nitrogen and oxygen atoms in total. The SMILES string of the molecule is Cc1cc([C@@H](C)Nc2ccccc2C(=O)O)c2nc(N3CCOC(C)C3C)c(C#N)nc2c1. The zero-order valence-corrected chi connectivity index (χ0v) is 19.2. The summed E-state index contributed by atoms with van der Waals surface area (Å²) < 4.78 is 5.75. The molecule has 8 heteroatoms. The number of nitrogens with zero attached hydrogens (tertiary/aromatic N) is 4. The lowest BCUT2D eigenvalue weighted by Crippen LogP contribution is -2.49. The van der Waals surface area contributed by atoms with Crippen LogP contribution in [0.2, 0.25) is 0 Å². The van der Waals surface area contributed by atoms with Gasteiger partial charge in [-0.2, -0.15) is 5.26 Å². The summed E-state index contributed by atoms with van der Waals surface area (Å²) in [6.45, 7) is 9.18. The van der Waals surface area contributed by atoms with Gasteiger partial charge in [-0.05, 0) is 51.5 Å². The first-order valence-electron chi connectivity index (χ1n) is 11.0. The van der Waals surface area contributed by atoms with Crippen LogP contribution in [-0.2, 0) is 4.74 Å². The van der Waals surface area contributed by atoms with Crippen LogP contribution in [0.25, 0.3) is 11.0 Å². The molecule has 0 radical (unpaired) electrons. The van der Waals surface area contributed by atoms with Gasteiger partial charge < -0.3 is 20.1 Å². The van der Waals surface area contributed by atoms with Gasteiger partial charge in [0.2, 0.25) is 0 Å². The topological polar surface area (TPSA) is 111 Å². The molecule has 0 spiro atoms. The van der Waals surface area contributed by atoms with Crippen molar-refractivity contribution in [1.82, 2.24) is 9.97 Å². The molecule has 2 aromatic carbocycles. The van der Waals surface area contributed by atoms with E-state index in [0.717, 1.165) is 11.1 Å². The van der Waals surface area contributed by atoms with E-state index in [1.165, 1.54) is 0 Å². The number of ether oxygens (including phenoxy) is 1. The molecule has 1 saturated heterocycles. The van der Waals surface area contributed by atoms with Crippen LogP contribution < -0.4 is 10.2 Å². The smallest absolute Gasteiger partial charge is 0.337 e. The van der Waals surface area contributed by atoms with E-state index in [0.29, 0.717) is 35.7 Å². The van der Waals surface area contributed by atoms with Gasteiger partial charge in [-0.3, -0.25) is 0 Å². The molecule has 0 aliphatic carbocycles. The molecule has 1 aliphatic heterocycles. The van der Waals surface area contributed by atoms with Crippen molar-refractivity contribution in [1.29, 1.82) is 5.26 Å². The first kappa shape index (κ1) is 22.5. The van der Waals surface area contributed by atoms with Crippen LogP contribution in [0.3, 0.4) is 0 Å². The number of carboxylic acids is 1. The summed E-state index contributed by atoms with van der Waals surface area (Å²) >= 11 is 0. The van der Waals surface area contributed by atoms with Gasteiger partial charge in [-0.15, -0.1) is 0 Å². The van der Waals surface area contributed by atoms with Crippen LogP contribution >= 0.6 is 0 Å². The number of aryl methyl sites for hydroxylation is 1. The first-order valence-corrected chi connectivity index (χ1v) is 11.0. The maximum absolute atomic E-state index is 11.6. The molecule has 2 unspecified atom stereocenters. The third-order valence-electron chi connectivity index (χ3n) is 6.18. The number of carboxylic acid groups (broad SMARTS) is 1. The molecule has 1 aliphatic rings. The van der Waals surface area contributed by atoms with Crippen LogP contribution in [0.4, 0.5) is 11.5 Å². The van der Waals surface area contributed by atoms with Crippen LogP contribution in [0.15, 0.2) is 36.4 Å². The van der Waals surface area contributed by atoms with Gasteiger partial charge in [-0.1, -0.05) is 18.2 Å². The van der Waals surface area contributed by atoms with E-state index in [-0.39, 0.29) is 29.4 Å². The molecular weight excluding hydrogens is 418 g/mol. The third kappa shape index (κ3) is 4.32. The largest absolute Gasteiger partial charge is 0.478 e. The molecule has 170 valence electrons. The lowest BCUT2D eigenvalue weighted by molar-refractivity contribution is 0.0281. The minimum Gasteiger partial charge on any atom is -0.478 e. The number of benzene rings is 2. The number of fused-ring (bicyclic) bond motifs is 1. The second-order valence-corrected chi connectivity index (χ2v) is 8.46. The predicted octanol–water partition coefficient (Wildman–Crippen LogP) is 4.29. The molecule has 3 aromatic rings. The van der Waals surface area contributed by atoms with Crippen molar-refractivity contribution < 1.29 is 14.6 Å². The summed E-state index contributed by atoms with van der Waals surface area (Å²) in [4.78, 5) is 23.3. The van der Waals surface area contributed by atoms with Crippen molar-refractivity contribution >= 4 is 28.5 Å². The average molecular weight is 446 g/mol. The maximum atomic E-state index is 11.6. The number of hydrogen-bond donors (Lipinski definition) is 2. The number of carbonyl (C=O) groups is 1. The molecule has 2 N–H and O–H groups in total. The second-order valence-electron chi connectivity index (χ2n) is 8.46. The Labute approximate surface area is 192 Å². The van der Waals surface area contributed by atoms with Crippen molar-refractivity contribution in [3.63, 3.8) is 0 Å². The quantitative estimate of drug-likeness (QED) is 0.598. The normalized spacial score (nSPS) is 19.2. The number of nitriles is 1. The summed E-state index contributed by atoms with van der Waals surface area (Å²) in [6, 6.07) is 12.8. The van der Waals surface area contributed by atoms with E-state index >= 15 is 0 Å². The van der Waals surface area contributed by atoms with Gasteiger partial charge in [-0.25, -0.2) is 14.8 Å². The standard InChI is InChI=1S/C25H27N5O3/c1-14-11-19(15(2)27-20-8-6-5-7-18(20)25(31)32)23-21(12-14)28-22(13-26)24(29-23)30-9-10-33-17(4)16(30)3/h5-8,11-12,15-17,27H,9-10H2,1-4H3,(H,31,32)/t15-,16?,17?/m1/s1. The predicted molar refractivity (Wildman–Crippen MR) is 127 cm³/mol. The van der Waals surface area contributed by atoms with E-state index in [4.69, 9.17) is 9.72 Å². The van der Waals surface area contributed by atoms with Gasteiger partial charge in [0.15, 0.2) is 11.5 Å². The Morgan fingerprint density at radius 3 is 2.79 bits per heavy atom. The highest BCUT2D eigenvalue weighted by atomic mass is 16.5. The molecule has 4 rings (SSSR count). The van der Waals surface area contributed by atoms with Crippen molar-refractivity contribution in [2.24, 2.45) is 0 Å². The number of nitrogens with one attached hydrogen (secondary N) is 1. The lowest BCUT2D eigenvalue weighted by atomic mass is 10.0. The highest BCUT2D eigenvalue weighted by molar-refractivity contribution is 5.94. The second kappa shape index (κ2) is 9.04. The highest BCUT2D eigenvalue weighted by Gasteiger charge is 2.29. The van der Waals surface area contributed by atoms with Crippen LogP contribution in [-0.4, -0.2) is 46.3 Å². The summed E-state index contributed by atoms with van der Waals surface area (Å²) in [5, 5.41) is 22.7. The Hall–Kier alpha value is -3.70. The molecule has 3 atom stereocenters. The Morgan fingerprint density at radius 2 is 2.06 bits per heavy atom. The number of hydrogen-bond acceptors (Lipinski definition) is 7. The average Bonchev–Trinajstić information content (AvgIpc) is 2.79.